The number of likely N-dealkylation sites (tertiary alicyclic amines) is 1. The van der Waals surface area contributed by atoms with Gasteiger partial charge in [-0.25, -0.2) is 14.8 Å². The van der Waals surface area contributed by atoms with Gasteiger partial charge in [0.25, 0.3) is 0 Å². The zero-order valence-corrected chi connectivity index (χ0v) is 17.8. The molecule has 1 unspecified atom stereocenters. The van der Waals surface area contributed by atoms with E-state index in [1.807, 2.05) is 20.8 Å². The first-order valence-electron chi connectivity index (χ1n) is 10.1. The zero-order valence-electron chi connectivity index (χ0n) is 17.8. The van der Waals surface area contributed by atoms with Crippen molar-refractivity contribution in [3.63, 3.8) is 0 Å². The Hall–Kier alpha value is -3.37. The SMILES string of the molecule is CC(C)(C)C1[C@H](Nc2cncc(-c3cnc4ccc(C(F)(F)F)cn34)n2)CCN1C(=O)O. The molecule has 170 valence electrons. The maximum atomic E-state index is 13.2. The van der Waals surface area contributed by atoms with Crippen LogP contribution in [-0.4, -0.2) is 54.1 Å². The van der Waals surface area contributed by atoms with Crippen molar-refractivity contribution in [3.05, 3.63) is 42.5 Å². The molecule has 8 nitrogen and oxygen atoms in total. The molecule has 2 atom stereocenters. The van der Waals surface area contributed by atoms with Gasteiger partial charge < -0.3 is 15.3 Å². The topological polar surface area (TPSA) is 95.7 Å². The predicted molar refractivity (Wildman–Crippen MR) is 111 cm³/mol. The van der Waals surface area contributed by atoms with Crippen LogP contribution in [0.1, 0.15) is 32.8 Å². The molecule has 1 aliphatic heterocycles. The van der Waals surface area contributed by atoms with Crippen LogP contribution >= 0.6 is 0 Å². The molecule has 1 amide bonds. The van der Waals surface area contributed by atoms with Crippen LogP contribution in [0, 0.1) is 5.41 Å². The summed E-state index contributed by atoms with van der Waals surface area (Å²) in [6.07, 6.45) is 0.543. The van der Waals surface area contributed by atoms with E-state index in [9.17, 15) is 23.1 Å². The highest BCUT2D eigenvalue weighted by Gasteiger charge is 2.44. The summed E-state index contributed by atoms with van der Waals surface area (Å²) in [4.78, 5) is 26.0. The Bertz CT molecular complexity index is 1150. The summed E-state index contributed by atoms with van der Waals surface area (Å²) < 4.78 is 40.8. The number of carboxylic acid groups (broad SMARTS) is 1. The van der Waals surface area contributed by atoms with Crippen molar-refractivity contribution in [2.45, 2.75) is 45.5 Å². The summed E-state index contributed by atoms with van der Waals surface area (Å²) in [6, 6.07) is 1.82. The molecule has 11 heteroatoms. The number of anilines is 1. The lowest BCUT2D eigenvalue weighted by Crippen LogP contribution is -2.49. The molecule has 2 N–H and O–H groups in total. The van der Waals surface area contributed by atoms with Crippen LogP contribution in [0.25, 0.3) is 17.0 Å². The van der Waals surface area contributed by atoms with Gasteiger partial charge in [-0.3, -0.25) is 9.38 Å². The van der Waals surface area contributed by atoms with E-state index < -0.39 is 17.8 Å². The molecule has 0 bridgehead atoms. The molecular formula is C21H23F3N6O2. The molecular weight excluding hydrogens is 425 g/mol. The van der Waals surface area contributed by atoms with Crippen molar-refractivity contribution in [2.75, 3.05) is 11.9 Å². The third-order valence-corrected chi connectivity index (χ3v) is 5.59. The highest BCUT2D eigenvalue weighted by atomic mass is 19.4. The number of hydrogen-bond acceptors (Lipinski definition) is 5. The Labute approximate surface area is 182 Å². The number of fused-ring (bicyclic) bond motifs is 1. The van der Waals surface area contributed by atoms with E-state index in [0.29, 0.717) is 35.8 Å². The fraction of sp³-hybridized carbons (Fsp3) is 0.429. The largest absolute Gasteiger partial charge is 0.465 e. The number of imidazole rings is 1. The van der Waals surface area contributed by atoms with Gasteiger partial charge in [-0.1, -0.05) is 20.8 Å². The molecule has 0 aliphatic carbocycles. The van der Waals surface area contributed by atoms with Gasteiger partial charge in [-0.05, 0) is 24.0 Å². The molecule has 1 aliphatic rings. The van der Waals surface area contributed by atoms with E-state index in [4.69, 9.17) is 0 Å². The number of pyridine rings is 1. The smallest absolute Gasteiger partial charge is 0.417 e. The van der Waals surface area contributed by atoms with Crippen molar-refractivity contribution in [1.82, 2.24) is 24.3 Å². The first-order chi connectivity index (χ1) is 14.9. The lowest BCUT2D eigenvalue weighted by molar-refractivity contribution is -0.137. The maximum Gasteiger partial charge on any atom is 0.417 e. The van der Waals surface area contributed by atoms with E-state index >= 15 is 0 Å². The predicted octanol–water partition coefficient (Wildman–Crippen LogP) is 4.39. The average molecular weight is 448 g/mol. The number of amides is 1. The van der Waals surface area contributed by atoms with Crippen molar-refractivity contribution < 1.29 is 23.1 Å². The lowest BCUT2D eigenvalue weighted by Gasteiger charge is -2.37. The van der Waals surface area contributed by atoms with Gasteiger partial charge in [0.2, 0.25) is 0 Å². The Morgan fingerprint density at radius 2 is 1.94 bits per heavy atom. The molecule has 0 saturated carbocycles. The number of nitrogens with one attached hydrogen (secondary N) is 1. The second kappa shape index (κ2) is 7.64. The van der Waals surface area contributed by atoms with Crippen molar-refractivity contribution in [3.8, 4) is 11.4 Å². The quantitative estimate of drug-likeness (QED) is 0.617. The molecule has 0 aromatic carbocycles. The summed E-state index contributed by atoms with van der Waals surface area (Å²) in [6.45, 7) is 6.33. The van der Waals surface area contributed by atoms with E-state index in [1.165, 1.54) is 34.0 Å². The van der Waals surface area contributed by atoms with Crippen LogP contribution in [0.4, 0.5) is 23.8 Å². The highest BCUT2D eigenvalue weighted by molar-refractivity contribution is 5.66. The minimum atomic E-state index is -4.48. The van der Waals surface area contributed by atoms with Crippen molar-refractivity contribution in [2.24, 2.45) is 5.41 Å². The van der Waals surface area contributed by atoms with Crippen LogP contribution in [0.5, 0.6) is 0 Å². The summed E-state index contributed by atoms with van der Waals surface area (Å²) in [5.74, 6) is 0.413. The number of nitrogens with zero attached hydrogens (tertiary/aromatic N) is 5. The summed E-state index contributed by atoms with van der Waals surface area (Å²) in [7, 11) is 0. The normalized spacial score (nSPS) is 19.5. The van der Waals surface area contributed by atoms with Gasteiger partial charge >= 0.3 is 12.3 Å². The van der Waals surface area contributed by atoms with Gasteiger partial charge in [-0.2, -0.15) is 13.2 Å². The summed E-state index contributed by atoms with van der Waals surface area (Å²) in [5, 5.41) is 12.8. The van der Waals surface area contributed by atoms with Gasteiger partial charge in [0, 0.05) is 12.7 Å². The van der Waals surface area contributed by atoms with Crippen LogP contribution in [0.2, 0.25) is 0 Å². The third kappa shape index (κ3) is 4.06. The van der Waals surface area contributed by atoms with Crippen LogP contribution in [-0.2, 0) is 6.18 Å². The first-order valence-corrected chi connectivity index (χ1v) is 10.1. The fourth-order valence-electron chi connectivity index (χ4n) is 4.32. The minimum Gasteiger partial charge on any atom is -0.465 e. The molecule has 32 heavy (non-hydrogen) atoms. The maximum absolute atomic E-state index is 13.2. The summed E-state index contributed by atoms with van der Waals surface area (Å²) >= 11 is 0. The van der Waals surface area contributed by atoms with E-state index in [-0.39, 0.29) is 17.5 Å². The third-order valence-electron chi connectivity index (χ3n) is 5.59. The summed E-state index contributed by atoms with van der Waals surface area (Å²) in [5.41, 5.74) is -0.0312. The van der Waals surface area contributed by atoms with Crippen LogP contribution < -0.4 is 5.32 Å². The number of alkyl halides is 3. The number of aromatic nitrogens is 4. The van der Waals surface area contributed by atoms with Crippen molar-refractivity contribution >= 4 is 17.6 Å². The Morgan fingerprint density at radius 1 is 1.19 bits per heavy atom. The monoisotopic (exact) mass is 448 g/mol. The van der Waals surface area contributed by atoms with Gasteiger partial charge in [0.1, 0.15) is 17.2 Å². The molecule has 4 rings (SSSR count). The molecule has 1 fully saturated rings. The lowest BCUT2D eigenvalue weighted by atomic mass is 9.82. The van der Waals surface area contributed by atoms with Crippen LogP contribution in [0.3, 0.4) is 0 Å². The average Bonchev–Trinajstić information content (AvgIpc) is 3.31. The van der Waals surface area contributed by atoms with Gasteiger partial charge in [-0.15, -0.1) is 0 Å². The van der Waals surface area contributed by atoms with Gasteiger partial charge in [0.05, 0.1) is 41.9 Å². The Kier molecular flexibility index (Phi) is 5.22. The minimum absolute atomic E-state index is 0.185. The molecule has 0 spiro atoms. The number of halogens is 3. The highest BCUT2D eigenvalue weighted by Crippen LogP contribution is 2.35. The number of carbonyl (C=O) groups is 1. The van der Waals surface area contributed by atoms with Gasteiger partial charge in [0.15, 0.2) is 0 Å². The first kappa shape index (κ1) is 21.8. The molecule has 3 aromatic rings. The van der Waals surface area contributed by atoms with Crippen molar-refractivity contribution in [1.29, 1.82) is 0 Å². The fourth-order valence-corrected chi connectivity index (χ4v) is 4.32. The van der Waals surface area contributed by atoms with E-state index in [2.05, 4.69) is 20.3 Å². The zero-order chi connectivity index (χ0) is 23.3. The van der Waals surface area contributed by atoms with E-state index in [1.54, 1.807) is 0 Å². The molecule has 0 radical (unpaired) electrons. The molecule has 3 aromatic heterocycles. The Balaban J connectivity index is 1.66. The van der Waals surface area contributed by atoms with E-state index in [0.717, 1.165) is 12.3 Å². The Morgan fingerprint density at radius 3 is 2.59 bits per heavy atom. The van der Waals surface area contributed by atoms with Crippen LogP contribution in [0.15, 0.2) is 36.9 Å². The molecule has 4 heterocycles. The second-order valence-corrected chi connectivity index (χ2v) is 8.90. The second-order valence-electron chi connectivity index (χ2n) is 8.90. The molecule has 1 saturated heterocycles. The number of rotatable bonds is 3. The number of hydrogen-bond donors (Lipinski definition) is 2. The standard InChI is InChI=1S/C21H23F3N6O2/c1-20(2,3)18-13(6-7-29(18)19(31)32)27-16-10-25-8-14(28-16)15-9-26-17-5-4-12(11-30(15)17)21(22,23)24/h4-5,8-11,13,18H,6-7H2,1-3H3,(H,27,28)(H,31,32)/t13-,18?/m1/s1.